The lowest BCUT2D eigenvalue weighted by molar-refractivity contribution is -0.156. The second-order valence-corrected chi connectivity index (χ2v) is 13.4. The van der Waals surface area contributed by atoms with Gasteiger partial charge in [0.1, 0.15) is 29.9 Å². The summed E-state index contributed by atoms with van der Waals surface area (Å²) in [6.07, 6.45) is 4.77. The maximum absolute atomic E-state index is 16.5. The quantitative estimate of drug-likeness (QED) is 0.0702. The van der Waals surface area contributed by atoms with E-state index in [9.17, 15) is 24.6 Å². The van der Waals surface area contributed by atoms with Gasteiger partial charge in [-0.2, -0.15) is 0 Å². The van der Waals surface area contributed by atoms with Crippen LogP contribution in [0.4, 0.5) is 4.39 Å². The van der Waals surface area contributed by atoms with E-state index in [1.807, 2.05) is 13.8 Å². The minimum absolute atomic E-state index is 0.00825. The van der Waals surface area contributed by atoms with Crippen molar-refractivity contribution in [2.24, 2.45) is 5.92 Å². The highest BCUT2D eigenvalue weighted by Gasteiger charge is 2.55. The topological polar surface area (TPSA) is 158 Å². The molecule has 1 saturated heterocycles. The number of rotatable bonds is 21. The predicted molar refractivity (Wildman–Crippen MR) is 191 cm³/mol. The van der Waals surface area contributed by atoms with E-state index >= 15 is 4.39 Å². The van der Waals surface area contributed by atoms with Crippen molar-refractivity contribution in [2.45, 2.75) is 115 Å². The van der Waals surface area contributed by atoms with E-state index in [4.69, 9.17) is 19.3 Å². The van der Waals surface area contributed by atoms with Crippen LogP contribution in [-0.4, -0.2) is 88.1 Å². The monoisotopic (exact) mass is 700 g/mol. The van der Waals surface area contributed by atoms with Gasteiger partial charge in [0.05, 0.1) is 24.4 Å². The van der Waals surface area contributed by atoms with E-state index in [1.165, 1.54) is 32.9 Å². The number of methoxy groups -OCH3 is 1. The Morgan fingerprint density at radius 3 is 2.36 bits per heavy atom. The fourth-order valence-corrected chi connectivity index (χ4v) is 5.76. The highest BCUT2D eigenvalue weighted by Crippen LogP contribution is 2.40. The van der Waals surface area contributed by atoms with Gasteiger partial charge in [-0.1, -0.05) is 63.4 Å². The van der Waals surface area contributed by atoms with E-state index in [0.717, 1.165) is 6.42 Å². The molecule has 11 heteroatoms. The van der Waals surface area contributed by atoms with Crippen LogP contribution in [0.15, 0.2) is 90.6 Å². The third-order valence-corrected chi connectivity index (χ3v) is 9.05. The lowest BCUT2D eigenvalue weighted by atomic mass is 9.88. The van der Waals surface area contributed by atoms with Crippen molar-refractivity contribution >= 4 is 17.8 Å². The first kappa shape index (κ1) is 42.3. The Hall–Kier alpha value is -3.90. The molecule has 276 valence electrons. The maximum Gasteiger partial charge on any atom is 0.518 e. The lowest BCUT2D eigenvalue weighted by Gasteiger charge is -2.31. The van der Waals surface area contributed by atoms with Crippen LogP contribution in [0.1, 0.15) is 77.6 Å². The van der Waals surface area contributed by atoms with E-state index in [-0.39, 0.29) is 37.4 Å². The average Bonchev–Trinajstić information content (AvgIpc) is 3.84. The van der Waals surface area contributed by atoms with Gasteiger partial charge in [0.25, 0.3) is 5.91 Å². The van der Waals surface area contributed by atoms with Gasteiger partial charge in [-0.25, -0.2) is 4.39 Å². The summed E-state index contributed by atoms with van der Waals surface area (Å²) >= 11 is 0. The number of aliphatic hydroxyl groups is 2. The number of epoxide rings is 1. The van der Waals surface area contributed by atoms with E-state index in [2.05, 4.69) is 18.5 Å². The molecule has 1 fully saturated rings. The maximum atomic E-state index is 16.5. The van der Waals surface area contributed by atoms with Crippen molar-refractivity contribution in [1.82, 2.24) is 5.32 Å². The molecule has 0 aliphatic carbocycles. The minimum Gasteiger partial charge on any atom is -0.565 e. The molecule has 1 heterocycles. The fourth-order valence-electron chi connectivity index (χ4n) is 5.76. The highest BCUT2D eigenvalue weighted by atomic mass is 19.1. The molecule has 5 N–H and O–H groups in total. The van der Waals surface area contributed by atoms with Gasteiger partial charge in [-0.3, -0.25) is 9.59 Å². The molecule has 2 rings (SSSR count). The molecular formula is C39H55FNO9+. The van der Waals surface area contributed by atoms with Gasteiger partial charge in [-0.15, -0.1) is 0 Å². The second kappa shape index (κ2) is 18.9. The van der Waals surface area contributed by atoms with Crippen LogP contribution in [0.5, 0.6) is 0 Å². The number of amides is 1. The number of carbonyl (C=O) groups excluding carboxylic acids is 3. The summed E-state index contributed by atoms with van der Waals surface area (Å²) in [5.74, 6) is -2.00. The molecule has 0 saturated carbocycles. The number of carbonyl (C=O) groups is 3. The van der Waals surface area contributed by atoms with Gasteiger partial charge in [0.15, 0.2) is 0 Å². The second-order valence-electron chi connectivity index (χ2n) is 13.4. The van der Waals surface area contributed by atoms with Crippen LogP contribution in [0.25, 0.3) is 0 Å². The van der Waals surface area contributed by atoms with E-state index in [0.29, 0.717) is 22.3 Å². The van der Waals surface area contributed by atoms with Crippen LogP contribution >= 0.6 is 0 Å². The first-order valence-corrected chi connectivity index (χ1v) is 16.8. The third-order valence-electron chi connectivity index (χ3n) is 9.05. The zero-order valence-corrected chi connectivity index (χ0v) is 30.3. The van der Waals surface area contributed by atoms with Gasteiger partial charge >= 0.3 is 11.9 Å². The molecule has 3 unspecified atom stereocenters. The molecule has 1 aliphatic rings. The highest BCUT2D eigenvalue weighted by molar-refractivity contribution is 5.94. The molecule has 1 aromatic rings. The summed E-state index contributed by atoms with van der Waals surface area (Å²) in [5, 5.41) is 30.9. The fraction of sp³-hybridized carbons (Fsp3) is 0.513. The van der Waals surface area contributed by atoms with E-state index in [1.54, 1.807) is 62.6 Å². The van der Waals surface area contributed by atoms with Gasteiger partial charge in [0, 0.05) is 30.3 Å². The van der Waals surface area contributed by atoms with Crippen molar-refractivity contribution in [3.8, 4) is 0 Å². The largest absolute Gasteiger partial charge is 0.565 e. The van der Waals surface area contributed by atoms with Gasteiger partial charge in [-0.05, 0) is 81.0 Å². The number of alkyl halides is 1. The molecule has 1 amide bonds. The van der Waals surface area contributed by atoms with Crippen LogP contribution in [-0.2, 0) is 23.8 Å². The summed E-state index contributed by atoms with van der Waals surface area (Å²) in [4.78, 5) is 35.9. The summed E-state index contributed by atoms with van der Waals surface area (Å²) in [5.41, 5.74) is -1.64. The Kier molecular flexibility index (Phi) is 16.0. The van der Waals surface area contributed by atoms with Crippen molar-refractivity contribution in [3.63, 3.8) is 0 Å². The molecule has 0 bridgehead atoms. The zero-order chi connectivity index (χ0) is 37.8. The Labute approximate surface area is 295 Å². The van der Waals surface area contributed by atoms with Crippen LogP contribution in [0, 0.1) is 5.92 Å². The number of allylic oxidation sites excluding steroid dienone is 6. The molecular weight excluding hydrogens is 645 g/mol. The van der Waals surface area contributed by atoms with Gasteiger partial charge in [0.2, 0.25) is 0 Å². The Morgan fingerprint density at radius 2 is 1.80 bits per heavy atom. The number of hydrogen-bond acceptors (Lipinski definition) is 8. The molecule has 0 radical (unpaired) electrons. The number of benzene rings is 1. The average molecular weight is 701 g/mol. The Morgan fingerprint density at radius 1 is 1.16 bits per heavy atom. The normalized spacial score (nSPS) is 21.7. The van der Waals surface area contributed by atoms with Gasteiger partial charge < -0.3 is 34.8 Å². The Bertz CT molecular complexity index is 1430. The summed E-state index contributed by atoms with van der Waals surface area (Å²) in [6.45, 7) is 17.9. The number of esters is 1. The molecule has 10 nitrogen and oxygen atoms in total. The SMILES string of the molecule is C=C(/C=C/[C@H](OC(C)=O)[C@](C)(O)CCC(O)CC(=O)[OH2+])C(=C)/C(C)=C/C=C/C(C)(F)C(NC(=O)c1ccccc1)[C@H]1O[C@@H]1[C@H](C)[C@H](CC)OC. The van der Waals surface area contributed by atoms with E-state index < -0.39 is 53.5 Å². The number of nitrogens with one attached hydrogen (secondary N) is 1. The van der Waals surface area contributed by atoms with Crippen molar-refractivity contribution in [2.75, 3.05) is 7.11 Å². The number of aliphatic hydroxyl groups excluding tert-OH is 1. The smallest absolute Gasteiger partial charge is 0.518 e. The first-order valence-electron chi connectivity index (χ1n) is 16.8. The number of ether oxygens (including phenoxy) is 3. The summed E-state index contributed by atoms with van der Waals surface area (Å²) in [7, 11) is 1.63. The predicted octanol–water partition coefficient (Wildman–Crippen LogP) is 4.98. The Balaban J connectivity index is 2.22. The number of halogens is 1. The lowest BCUT2D eigenvalue weighted by Crippen LogP contribution is -2.52. The van der Waals surface area contributed by atoms with Crippen molar-refractivity contribution < 1.29 is 48.3 Å². The summed E-state index contributed by atoms with van der Waals surface area (Å²) < 4.78 is 33.4. The standard InChI is InChI=1S/C39H54FNO9/c1-10-31(48-9)27(5)34-35(50-34)36(41-37(46)29-16-12-11-13-17-29)38(7,40)21-14-15-24(2)26(4)25(3)18-19-32(49-28(6)42)39(8,47)22-20-30(43)23-33(44)45/h11-19,21,27,30-32,34-36,43,47H,3-4,10,20,22-23H2,1-2,5-9H3,(H,41,46)(H,44,45)/p+1/b19-18+,21-14+,24-15+/t27-,30?,31+,32+,34-,35+,36?,38?,39-/m1/s1. The summed E-state index contributed by atoms with van der Waals surface area (Å²) in [6, 6.07) is 7.59. The van der Waals surface area contributed by atoms with Crippen LogP contribution < -0.4 is 5.32 Å². The van der Waals surface area contributed by atoms with Crippen molar-refractivity contribution in [3.05, 3.63) is 96.2 Å². The molecule has 1 aliphatic heterocycles. The minimum atomic E-state index is -2.02. The van der Waals surface area contributed by atoms with Crippen molar-refractivity contribution in [1.29, 1.82) is 0 Å². The van der Waals surface area contributed by atoms with Crippen LogP contribution in [0.3, 0.4) is 0 Å². The molecule has 0 aromatic heterocycles. The van der Waals surface area contributed by atoms with Crippen LogP contribution in [0.2, 0.25) is 0 Å². The molecule has 9 atom stereocenters. The molecule has 1 aromatic carbocycles. The molecule has 0 spiro atoms. The third kappa shape index (κ3) is 12.8. The zero-order valence-electron chi connectivity index (χ0n) is 30.3. The molecule has 50 heavy (non-hydrogen) atoms. The number of hydrogen-bond donors (Lipinski definition) is 3. The first-order chi connectivity index (χ1) is 23.3.